The van der Waals surface area contributed by atoms with E-state index in [1.54, 1.807) is 5.01 Å². The van der Waals surface area contributed by atoms with Crippen LogP contribution in [0.2, 0.25) is 0 Å². The molecule has 0 unspecified atom stereocenters. The summed E-state index contributed by atoms with van der Waals surface area (Å²) in [6, 6.07) is 7.42. The highest BCUT2D eigenvalue weighted by Gasteiger charge is 2.52. The van der Waals surface area contributed by atoms with Crippen molar-refractivity contribution in [2.45, 2.75) is 31.4 Å². The van der Waals surface area contributed by atoms with Crippen LogP contribution in [0.15, 0.2) is 24.3 Å². The molecular weight excluding hydrogens is 204 g/mol. The number of carbonyl (C=O) groups excluding carboxylic acids is 1. The average molecular weight is 218 g/mol. The first-order valence-electron chi connectivity index (χ1n) is 5.53. The number of amides is 1. The molecule has 0 aromatic heterocycles. The van der Waals surface area contributed by atoms with Crippen LogP contribution in [0.5, 0.6) is 0 Å². The van der Waals surface area contributed by atoms with Crippen LogP contribution in [0.25, 0.3) is 0 Å². The zero-order chi connectivity index (χ0) is 11.2. The third-order valence-corrected chi connectivity index (χ3v) is 3.29. The highest BCUT2D eigenvalue weighted by Crippen LogP contribution is 2.43. The Hall–Kier alpha value is -1.39. The standard InChI is InChI=1S/C12H14N2O2/c15-8-9-2-1-3-10(6-9)14-11(16)7-12(13-14)4-5-12/h1-3,6,13,15H,4-5,7-8H2. The zero-order valence-electron chi connectivity index (χ0n) is 8.94. The molecule has 1 saturated carbocycles. The van der Waals surface area contributed by atoms with Crippen LogP contribution in [-0.2, 0) is 11.4 Å². The van der Waals surface area contributed by atoms with Gasteiger partial charge in [0, 0.05) is 12.0 Å². The van der Waals surface area contributed by atoms with Crippen LogP contribution in [0.4, 0.5) is 5.69 Å². The monoisotopic (exact) mass is 218 g/mol. The van der Waals surface area contributed by atoms with Crippen LogP contribution < -0.4 is 10.4 Å². The van der Waals surface area contributed by atoms with Crippen molar-refractivity contribution < 1.29 is 9.90 Å². The van der Waals surface area contributed by atoms with Gasteiger partial charge in [0.25, 0.3) is 0 Å². The fourth-order valence-corrected chi connectivity index (χ4v) is 2.15. The summed E-state index contributed by atoms with van der Waals surface area (Å²) in [5.74, 6) is 0.118. The summed E-state index contributed by atoms with van der Waals surface area (Å²) in [4.78, 5) is 11.8. The van der Waals surface area contributed by atoms with Gasteiger partial charge in [-0.05, 0) is 30.5 Å². The Morgan fingerprint density at radius 3 is 2.88 bits per heavy atom. The van der Waals surface area contributed by atoms with Crippen molar-refractivity contribution in [3.05, 3.63) is 29.8 Å². The molecule has 1 aliphatic carbocycles. The van der Waals surface area contributed by atoms with Crippen molar-refractivity contribution in [3.63, 3.8) is 0 Å². The molecule has 16 heavy (non-hydrogen) atoms. The van der Waals surface area contributed by atoms with Gasteiger partial charge in [-0.1, -0.05) is 12.1 Å². The molecule has 1 heterocycles. The van der Waals surface area contributed by atoms with E-state index in [2.05, 4.69) is 5.43 Å². The topological polar surface area (TPSA) is 52.6 Å². The second-order valence-electron chi connectivity index (χ2n) is 4.63. The second-order valence-corrected chi connectivity index (χ2v) is 4.63. The summed E-state index contributed by atoms with van der Waals surface area (Å²) >= 11 is 0. The Labute approximate surface area is 93.8 Å². The van der Waals surface area contributed by atoms with Gasteiger partial charge in [0.1, 0.15) is 0 Å². The highest BCUT2D eigenvalue weighted by molar-refractivity contribution is 5.96. The first-order chi connectivity index (χ1) is 7.72. The third kappa shape index (κ3) is 1.50. The SMILES string of the molecule is O=C1CC2(CC2)NN1c1cccc(CO)c1. The van der Waals surface area contributed by atoms with E-state index in [9.17, 15) is 4.79 Å². The van der Waals surface area contributed by atoms with E-state index in [1.165, 1.54) is 0 Å². The van der Waals surface area contributed by atoms with Crippen molar-refractivity contribution in [1.29, 1.82) is 0 Å². The maximum Gasteiger partial charge on any atom is 0.243 e. The number of nitrogens with zero attached hydrogens (tertiary/aromatic N) is 1. The first-order valence-corrected chi connectivity index (χ1v) is 5.53. The molecule has 0 bridgehead atoms. The van der Waals surface area contributed by atoms with E-state index < -0.39 is 0 Å². The zero-order valence-corrected chi connectivity index (χ0v) is 8.94. The minimum absolute atomic E-state index is 0.00101. The summed E-state index contributed by atoms with van der Waals surface area (Å²) in [5.41, 5.74) is 4.95. The Balaban J connectivity index is 1.88. The van der Waals surface area contributed by atoms with E-state index in [0.717, 1.165) is 24.1 Å². The molecule has 1 aromatic carbocycles. The number of benzene rings is 1. The maximum atomic E-state index is 11.8. The van der Waals surface area contributed by atoms with Gasteiger partial charge in [0.05, 0.1) is 12.3 Å². The normalized spacial score (nSPS) is 21.8. The van der Waals surface area contributed by atoms with E-state index in [4.69, 9.17) is 5.11 Å². The average Bonchev–Trinajstić information content (AvgIpc) is 2.96. The number of rotatable bonds is 2. The number of hydrogen-bond donors (Lipinski definition) is 2. The van der Waals surface area contributed by atoms with Crippen molar-refractivity contribution in [1.82, 2.24) is 5.43 Å². The number of nitrogens with one attached hydrogen (secondary N) is 1. The first kappa shape index (κ1) is 9.81. The van der Waals surface area contributed by atoms with Crippen molar-refractivity contribution >= 4 is 11.6 Å². The minimum Gasteiger partial charge on any atom is -0.392 e. The molecule has 3 rings (SSSR count). The Kier molecular flexibility index (Phi) is 2.02. The molecule has 1 spiro atoms. The molecule has 2 aliphatic rings. The van der Waals surface area contributed by atoms with E-state index in [1.807, 2.05) is 24.3 Å². The molecule has 1 saturated heterocycles. The highest BCUT2D eigenvalue weighted by atomic mass is 16.3. The number of anilines is 1. The molecule has 1 aliphatic heterocycles. The van der Waals surface area contributed by atoms with Crippen LogP contribution in [0.3, 0.4) is 0 Å². The molecule has 1 amide bonds. The van der Waals surface area contributed by atoms with Gasteiger partial charge >= 0.3 is 0 Å². The molecule has 1 aromatic rings. The quantitative estimate of drug-likeness (QED) is 0.777. The molecule has 0 radical (unpaired) electrons. The predicted molar refractivity (Wildman–Crippen MR) is 59.6 cm³/mol. The molecular formula is C12H14N2O2. The molecule has 2 fully saturated rings. The molecule has 4 nitrogen and oxygen atoms in total. The molecule has 4 heteroatoms. The Bertz CT molecular complexity index is 440. The molecule has 2 N–H and O–H groups in total. The van der Waals surface area contributed by atoms with Crippen LogP contribution in [-0.4, -0.2) is 16.6 Å². The lowest BCUT2D eigenvalue weighted by Gasteiger charge is -2.18. The summed E-state index contributed by atoms with van der Waals surface area (Å²) in [7, 11) is 0. The van der Waals surface area contributed by atoms with Crippen molar-refractivity contribution in [2.75, 3.05) is 5.01 Å². The lowest BCUT2D eigenvalue weighted by atomic mass is 10.2. The van der Waals surface area contributed by atoms with Crippen molar-refractivity contribution in [3.8, 4) is 0 Å². The summed E-state index contributed by atoms with van der Waals surface area (Å²) in [5, 5.41) is 10.7. The van der Waals surface area contributed by atoms with E-state index in [-0.39, 0.29) is 18.1 Å². The van der Waals surface area contributed by atoms with E-state index in [0.29, 0.717) is 6.42 Å². The number of aliphatic hydroxyl groups excluding tert-OH is 1. The smallest absolute Gasteiger partial charge is 0.243 e. The lowest BCUT2D eigenvalue weighted by Crippen LogP contribution is -2.38. The summed E-state index contributed by atoms with van der Waals surface area (Å²) in [6.07, 6.45) is 2.75. The molecule has 84 valence electrons. The molecule has 0 atom stereocenters. The Morgan fingerprint density at radius 1 is 1.44 bits per heavy atom. The Morgan fingerprint density at radius 2 is 2.25 bits per heavy atom. The van der Waals surface area contributed by atoms with E-state index >= 15 is 0 Å². The predicted octanol–water partition coefficient (Wildman–Crippen LogP) is 0.953. The van der Waals surface area contributed by atoms with Gasteiger partial charge in [0.2, 0.25) is 5.91 Å². The van der Waals surface area contributed by atoms with Crippen LogP contribution >= 0.6 is 0 Å². The number of hydrogen-bond acceptors (Lipinski definition) is 3. The fourth-order valence-electron chi connectivity index (χ4n) is 2.15. The number of carbonyl (C=O) groups is 1. The van der Waals surface area contributed by atoms with Gasteiger partial charge in [0.15, 0.2) is 0 Å². The number of hydrazine groups is 1. The second kappa shape index (κ2) is 3.30. The van der Waals surface area contributed by atoms with Gasteiger partial charge in [-0.15, -0.1) is 0 Å². The lowest BCUT2D eigenvalue weighted by molar-refractivity contribution is -0.117. The van der Waals surface area contributed by atoms with Gasteiger partial charge in [-0.2, -0.15) is 0 Å². The van der Waals surface area contributed by atoms with Gasteiger partial charge in [-0.25, -0.2) is 10.4 Å². The third-order valence-electron chi connectivity index (χ3n) is 3.29. The van der Waals surface area contributed by atoms with Gasteiger partial charge in [-0.3, -0.25) is 4.79 Å². The van der Waals surface area contributed by atoms with Crippen molar-refractivity contribution in [2.24, 2.45) is 0 Å². The van der Waals surface area contributed by atoms with Crippen LogP contribution in [0, 0.1) is 0 Å². The van der Waals surface area contributed by atoms with Gasteiger partial charge < -0.3 is 5.11 Å². The number of aliphatic hydroxyl groups is 1. The van der Waals surface area contributed by atoms with Crippen LogP contribution in [0.1, 0.15) is 24.8 Å². The summed E-state index contributed by atoms with van der Waals surface area (Å²) < 4.78 is 0. The largest absolute Gasteiger partial charge is 0.392 e. The minimum atomic E-state index is 0.00101. The fraction of sp³-hybridized carbons (Fsp3) is 0.417. The maximum absolute atomic E-state index is 11.8. The summed E-state index contributed by atoms with van der Waals surface area (Å²) in [6.45, 7) is 0.00101.